The van der Waals surface area contributed by atoms with E-state index in [1.54, 1.807) is 0 Å². The first-order valence-corrected chi connectivity index (χ1v) is 9.55. The molecule has 1 aromatic carbocycles. The molecule has 0 spiro atoms. The fourth-order valence-corrected chi connectivity index (χ4v) is 3.74. The molecule has 136 valence electrons. The van der Waals surface area contributed by atoms with Gasteiger partial charge in [0.2, 0.25) is 0 Å². The van der Waals surface area contributed by atoms with Crippen molar-refractivity contribution in [1.29, 1.82) is 0 Å². The summed E-state index contributed by atoms with van der Waals surface area (Å²) >= 11 is 0. The van der Waals surface area contributed by atoms with E-state index in [0.29, 0.717) is 0 Å². The standard InChI is InChI=1S/C21H27N5/c1-4-8-18-15-19(25-13-11-24(3)12-14-25)26-21(22-18)20(16(2)23-26)17-9-6-5-7-10-17/h5-7,9-10,15H,4,8,11-14H2,1-3H3. The molecule has 0 saturated carbocycles. The van der Waals surface area contributed by atoms with Gasteiger partial charge in [-0.2, -0.15) is 9.61 Å². The third-order valence-electron chi connectivity index (χ3n) is 5.19. The normalized spacial score (nSPS) is 15.7. The summed E-state index contributed by atoms with van der Waals surface area (Å²) in [7, 11) is 2.19. The van der Waals surface area contributed by atoms with Crippen molar-refractivity contribution in [2.24, 2.45) is 0 Å². The Morgan fingerprint density at radius 1 is 1.04 bits per heavy atom. The molecule has 0 aliphatic carbocycles. The molecule has 0 unspecified atom stereocenters. The number of nitrogens with zero attached hydrogens (tertiary/aromatic N) is 5. The smallest absolute Gasteiger partial charge is 0.165 e. The zero-order valence-electron chi connectivity index (χ0n) is 15.9. The number of anilines is 1. The van der Waals surface area contributed by atoms with Crippen molar-refractivity contribution in [2.75, 3.05) is 38.1 Å². The maximum Gasteiger partial charge on any atom is 0.165 e. The summed E-state index contributed by atoms with van der Waals surface area (Å²) in [6.45, 7) is 8.52. The van der Waals surface area contributed by atoms with Gasteiger partial charge in [-0.25, -0.2) is 4.98 Å². The summed E-state index contributed by atoms with van der Waals surface area (Å²) in [5, 5.41) is 4.88. The van der Waals surface area contributed by atoms with E-state index in [1.807, 2.05) is 0 Å². The molecule has 1 fully saturated rings. The summed E-state index contributed by atoms with van der Waals surface area (Å²) in [6.07, 6.45) is 2.09. The number of hydrogen-bond acceptors (Lipinski definition) is 4. The molecule has 1 saturated heterocycles. The lowest BCUT2D eigenvalue weighted by molar-refractivity contribution is 0.311. The lowest BCUT2D eigenvalue weighted by atomic mass is 10.1. The van der Waals surface area contributed by atoms with Gasteiger partial charge in [0, 0.05) is 43.5 Å². The highest BCUT2D eigenvalue weighted by atomic mass is 15.4. The molecule has 0 bridgehead atoms. The molecule has 5 heteroatoms. The highest BCUT2D eigenvalue weighted by molar-refractivity contribution is 5.81. The Bertz CT molecular complexity index is 892. The van der Waals surface area contributed by atoms with Crippen molar-refractivity contribution < 1.29 is 0 Å². The van der Waals surface area contributed by atoms with E-state index in [-0.39, 0.29) is 0 Å². The van der Waals surface area contributed by atoms with Crippen LogP contribution in [0.1, 0.15) is 24.7 Å². The summed E-state index contributed by atoms with van der Waals surface area (Å²) in [4.78, 5) is 9.83. The highest BCUT2D eigenvalue weighted by Gasteiger charge is 2.21. The average molecular weight is 349 g/mol. The van der Waals surface area contributed by atoms with Crippen molar-refractivity contribution in [3.63, 3.8) is 0 Å². The molecule has 5 nitrogen and oxygen atoms in total. The van der Waals surface area contributed by atoms with Gasteiger partial charge in [0.05, 0.1) is 5.69 Å². The first-order valence-electron chi connectivity index (χ1n) is 9.55. The molecule has 2 aromatic heterocycles. The monoisotopic (exact) mass is 349 g/mol. The van der Waals surface area contributed by atoms with Crippen LogP contribution in [0.25, 0.3) is 16.8 Å². The van der Waals surface area contributed by atoms with Crippen LogP contribution in [-0.2, 0) is 6.42 Å². The van der Waals surface area contributed by atoms with Crippen LogP contribution in [0.15, 0.2) is 36.4 Å². The van der Waals surface area contributed by atoms with Gasteiger partial charge >= 0.3 is 0 Å². The zero-order chi connectivity index (χ0) is 18.1. The predicted octanol–water partition coefficient (Wildman–Crippen LogP) is 3.41. The second kappa shape index (κ2) is 7.08. The first-order chi connectivity index (χ1) is 12.7. The minimum atomic E-state index is 0.980. The Morgan fingerprint density at radius 2 is 1.77 bits per heavy atom. The van der Waals surface area contributed by atoms with Crippen molar-refractivity contribution >= 4 is 11.5 Å². The number of rotatable bonds is 4. The fourth-order valence-electron chi connectivity index (χ4n) is 3.74. The summed E-state index contributed by atoms with van der Waals surface area (Å²) in [5.41, 5.74) is 5.51. The SMILES string of the molecule is CCCc1cc(N2CCN(C)CC2)n2nc(C)c(-c3ccccc3)c2n1. The first kappa shape index (κ1) is 17.0. The second-order valence-corrected chi connectivity index (χ2v) is 7.21. The minimum Gasteiger partial charge on any atom is -0.354 e. The molecule has 0 radical (unpaired) electrons. The quantitative estimate of drug-likeness (QED) is 0.723. The molecule has 3 aromatic rings. The number of benzene rings is 1. The number of piperazine rings is 1. The van der Waals surface area contributed by atoms with E-state index in [2.05, 4.69) is 71.6 Å². The van der Waals surface area contributed by atoms with Crippen LogP contribution >= 0.6 is 0 Å². The maximum atomic E-state index is 5.00. The lowest BCUT2D eigenvalue weighted by Gasteiger charge is -2.34. The molecule has 0 atom stereocenters. The van der Waals surface area contributed by atoms with Gasteiger partial charge in [-0.05, 0) is 26.0 Å². The third kappa shape index (κ3) is 3.07. The van der Waals surface area contributed by atoms with Crippen LogP contribution in [0.3, 0.4) is 0 Å². The molecule has 4 rings (SSSR count). The topological polar surface area (TPSA) is 36.7 Å². The molecule has 1 aliphatic rings. The van der Waals surface area contributed by atoms with Crippen molar-refractivity contribution in [3.05, 3.63) is 47.8 Å². The molecular formula is C21H27N5. The number of aryl methyl sites for hydroxylation is 2. The molecule has 0 N–H and O–H groups in total. The van der Waals surface area contributed by atoms with E-state index >= 15 is 0 Å². The van der Waals surface area contributed by atoms with Gasteiger partial charge in [-0.1, -0.05) is 43.7 Å². The molecule has 3 heterocycles. The molecule has 0 amide bonds. The summed E-state index contributed by atoms with van der Waals surface area (Å²) < 4.78 is 2.06. The van der Waals surface area contributed by atoms with E-state index in [0.717, 1.165) is 61.6 Å². The van der Waals surface area contributed by atoms with E-state index < -0.39 is 0 Å². The maximum absolute atomic E-state index is 5.00. The molecule has 1 aliphatic heterocycles. The van der Waals surface area contributed by atoms with Crippen molar-refractivity contribution in [3.8, 4) is 11.1 Å². The fraction of sp³-hybridized carbons (Fsp3) is 0.429. The van der Waals surface area contributed by atoms with Gasteiger partial charge < -0.3 is 9.80 Å². The van der Waals surface area contributed by atoms with Crippen molar-refractivity contribution in [2.45, 2.75) is 26.7 Å². The van der Waals surface area contributed by atoms with Crippen LogP contribution in [-0.4, -0.2) is 52.7 Å². The largest absolute Gasteiger partial charge is 0.354 e. The molecule has 26 heavy (non-hydrogen) atoms. The molecular weight excluding hydrogens is 322 g/mol. The third-order valence-corrected chi connectivity index (χ3v) is 5.19. The van der Waals surface area contributed by atoms with Crippen LogP contribution in [0.2, 0.25) is 0 Å². The van der Waals surface area contributed by atoms with Gasteiger partial charge in [0.25, 0.3) is 0 Å². The highest BCUT2D eigenvalue weighted by Crippen LogP contribution is 2.30. The van der Waals surface area contributed by atoms with Crippen LogP contribution < -0.4 is 4.90 Å². The number of likely N-dealkylation sites (N-methyl/N-ethyl adjacent to an activating group) is 1. The predicted molar refractivity (Wildman–Crippen MR) is 107 cm³/mol. The van der Waals surface area contributed by atoms with Gasteiger partial charge in [-0.3, -0.25) is 0 Å². The van der Waals surface area contributed by atoms with Gasteiger partial charge in [-0.15, -0.1) is 0 Å². The second-order valence-electron chi connectivity index (χ2n) is 7.21. The van der Waals surface area contributed by atoms with Crippen molar-refractivity contribution in [1.82, 2.24) is 19.5 Å². The van der Waals surface area contributed by atoms with E-state index in [1.165, 1.54) is 11.4 Å². The number of aromatic nitrogens is 3. The van der Waals surface area contributed by atoms with E-state index in [9.17, 15) is 0 Å². The number of hydrogen-bond donors (Lipinski definition) is 0. The lowest BCUT2D eigenvalue weighted by Crippen LogP contribution is -2.45. The Kier molecular flexibility index (Phi) is 4.64. The average Bonchev–Trinajstić information content (AvgIpc) is 2.98. The Morgan fingerprint density at radius 3 is 2.46 bits per heavy atom. The Labute approximate surface area is 155 Å². The van der Waals surface area contributed by atoms with Crippen LogP contribution in [0, 0.1) is 6.92 Å². The summed E-state index contributed by atoms with van der Waals surface area (Å²) in [6, 6.07) is 12.7. The Hall–Kier alpha value is -2.40. The van der Waals surface area contributed by atoms with E-state index in [4.69, 9.17) is 10.1 Å². The Balaban J connectivity index is 1.89. The number of fused-ring (bicyclic) bond motifs is 1. The van der Waals surface area contributed by atoms with Crippen LogP contribution in [0.5, 0.6) is 0 Å². The zero-order valence-corrected chi connectivity index (χ0v) is 15.9. The van der Waals surface area contributed by atoms with Gasteiger partial charge in [0.1, 0.15) is 5.82 Å². The summed E-state index contributed by atoms with van der Waals surface area (Å²) in [5.74, 6) is 1.18. The van der Waals surface area contributed by atoms with Gasteiger partial charge in [0.15, 0.2) is 5.65 Å². The minimum absolute atomic E-state index is 0.980. The van der Waals surface area contributed by atoms with Crippen LogP contribution in [0.4, 0.5) is 5.82 Å².